The van der Waals surface area contributed by atoms with E-state index in [9.17, 15) is 14.4 Å². The molecule has 1 aromatic rings. The highest BCUT2D eigenvalue weighted by Crippen LogP contribution is 2.42. The van der Waals surface area contributed by atoms with Crippen LogP contribution in [0.1, 0.15) is 80.5 Å². The second-order valence-corrected chi connectivity index (χ2v) is 24.7. The Labute approximate surface area is 247 Å². The van der Waals surface area contributed by atoms with Gasteiger partial charge in [-0.15, -0.1) is 0 Å². The van der Waals surface area contributed by atoms with Crippen molar-refractivity contribution in [2.24, 2.45) is 5.41 Å². The SMILES string of the molecule is COCc1cn([C@H]2C[C@H](O[Si](C)(C)C(C)(C)C)[C@@H](CO[Si](C)(C)C(C)(C)C)O2)c(=O)n(COC(=O)C(C)(C)C)c1=O. The molecule has 1 aliphatic rings. The predicted molar refractivity (Wildman–Crippen MR) is 165 cm³/mol. The van der Waals surface area contributed by atoms with Crippen molar-refractivity contribution in [3.8, 4) is 0 Å². The van der Waals surface area contributed by atoms with E-state index in [1.54, 1.807) is 20.8 Å². The zero-order valence-corrected chi connectivity index (χ0v) is 29.8. The summed E-state index contributed by atoms with van der Waals surface area (Å²) >= 11 is 0. The Morgan fingerprint density at radius 1 is 0.976 bits per heavy atom. The Bertz CT molecular complexity index is 1190. The zero-order chi connectivity index (χ0) is 31.8. The van der Waals surface area contributed by atoms with Crippen molar-refractivity contribution in [3.63, 3.8) is 0 Å². The molecule has 12 heteroatoms. The molecule has 0 N–H and O–H groups in total. The number of aromatic nitrogens is 2. The quantitative estimate of drug-likeness (QED) is 0.255. The van der Waals surface area contributed by atoms with Gasteiger partial charge < -0.3 is 23.1 Å². The van der Waals surface area contributed by atoms with E-state index in [0.29, 0.717) is 13.0 Å². The third kappa shape index (κ3) is 8.50. The van der Waals surface area contributed by atoms with Crippen LogP contribution in [0.2, 0.25) is 36.3 Å². The summed E-state index contributed by atoms with van der Waals surface area (Å²) < 4.78 is 32.8. The summed E-state index contributed by atoms with van der Waals surface area (Å²) in [5.74, 6) is -0.518. The maximum absolute atomic E-state index is 13.7. The van der Waals surface area contributed by atoms with E-state index in [-0.39, 0.29) is 28.4 Å². The normalized spacial score (nSPS) is 20.9. The van der Waals surface area contributed by atoms with E-state index in [0.717, 1.165) is 4.57 Å². The summed E-state index contributed by atoms with van der Waals surface area (Å²) in [4.78, 5) is 39.2. The fourth-order valence-electron chi connectivity index (χ4n) is 3.80. The molecule has 0 unspecified atom stereocenters. The van der Waals surface area contributed by atoms with E-state index in [1.807, 2.05) is 0 Å². The summed E-state index contributed by atoms with van der Waals surface area (Å²) in [5, 5.41) is -0.00464. The first-order valence-electron chi connectivity index (χ1n) is 14.4. The third-order valence-corrected chi connectivity index (χ3v) is 17.7. The molecule has 2 heterocycles. The highest BCUT2D eigenvalue weighted by molar-refractivity contribution is 6.74. The molecule has 0 bridgehead atoms. The van der Waals surface area contributed by atoms with Crippen molar-refractivity contribution >= 4 is 22.6 Å². The lowest BCUT2D eigenvalue weighted by molar-refractivity contribution is -0.157. The average Bonchev–Trinajstić information content (AvgIpc) is 3.18. The van der Waals surface area contributed by atoms with Crippen LogP contribution in [-0.4, -0.2) is 57.7 Å². The van der Waals surface area contributed by atoms with Crippen molar-refractivity contribution in [2.75, 3.05) is 13.7 Å². The molecule has 2 rings (SSSR count). The van der Waals surface area contributed by atoms with E-state index < -0.39 is 58.3 Å². The highest BCUT2D eigenvalue weighted by Gasteiger charge is 2.47. The van der Waals surface area contributed by atoms with Gasteiger partial charge >= 0.3 is 11.7 Å². The number of hydrogen-bond acceptors (Lipinski definition) is 8. The van der Waals surface area contributed by atoms with Gasteiger partial charge in [-0.05, 0) is 57.0 Å². The summed E-state index contributed by atoms with van der Waals surface area (Å²) in [5.41, 5.74) is -1.73. The van der Waals surface area contributed by atoms with Crippen LogP contribution < -0.4 is 11.2 Å². The van der Waals surface area contributed by atoms with Gasteiger partial charge in [0.15, 0.2) is 23.4 Å². The minimum absolute atomic E-state index is 0.0130. The average molecular weight is 615 g/mol. The lowest BCUT2D eigenvalue weighted by Crippen LogP contribution is -2.48. The fourth-order valence-corrected chi connectivity index (χ4v) is 6.17. The van der Waals surface area contributed by atoms with Crippen LogP contribution in [0.25, 0.3) is 0 Å². The van der Waals surface area contributed by atoms with E-state index in [1.165, 1.54) is 17.9 Å². The fraction of sp³-hybridized carbons (Fsp3) is 0.828. The van der Waals surface area contributed by atoms with Gasteiger partial charge in [0.2, 0.25) is 0 Å². The van der Waals surface area contributed by atoms with Gasteiger partial charge in [0.25, 0.3) is 5.56 Å². The van der Waals surface area contributed by atoms with Crippen LogP contribution in [0.3, 0.4) is 0 Å². The Hall–Kier alpha value is -1.58. The number of rotatable bonds is 10. The number of nitrogens with zero attached hydrogens (tertiary/aromatic N) is 2. The largest absolute Gasteiger partial charge is 0.443 e. The van der Waals surface area contributed by atoms with Gasteiger partial charge in [0.05, 0.1) is 30.3 Å². The first-order valence-corrected chi connectivity index (χ1v) is 20.2. The monoisotopic (exact) mass is 614 g/mol. The molecular formula is C29H54N2O8Si2. The molecule has 1 aliphatic heterocycles. The van der Waals surface area contributed by atoms with Gasteiger partial charge in [0.1, 0.15) is 12.3 Å². The molecule has 0 spiro atoms. The summed E-state index contributed by atoms with van der Waals surface area (Å²) in [6.07, 6.45) is 0.486. The highest BCUT2D eigenvalue weighted by atomic mass is 28.4. The number of hydrogen-bond donors (Lipinski definition) is 0. The zero-order valence-electron chi connectivity index (χ0n) is 27.8. The molecule has 10 nitrogen and oxygen atoms in total. The lowest BCUT2D eigenvalue weighted by atomic mass is 9.98. The molecule has 1 saturated heterocycles. The Kier molecular flexibility index (Phi) is 10.9. The molecule has 1 aromatic heterocycles. The van der Waals surface area contributed by atoms with E-state index in [2.05, 4.69) is 67.7 Å². The number of carbonyl (C=O) groups is 1. The maximum Gasteiger partial charge on any atom is 0.335 e. The van der Waals surface area contributed by atoms with Gasteiger partial charge in [-0.25, -0.2) is 9.36 Å². The van der Waals surface area contributed by atoms with Gasteiger partial charge in [0, 0.05) is 19.7 Å². The van der Waals surface area contributed by atoms with Gasteiger partial charge in [-0.1, -0.05) is 41.5 Å². The standard InChI is InChI=1S/C29H54N2O8Si2/c1-27(2,3)25(33)36-19-31-24(32)20(17-35-10)16-30(26(31)34)23-15-21(39-41(13,14)29(7,8)9)22(38-23)18-37-40(11,12)28(4,5)6/h16,21-23H,15,17-19H2,1-14H3/t21-,22+,23+/m0/s1. The molecule has 1 fully saturated rings. The van der Waals surface area contributed by atoms with Crippen molar-refractivity contribution in [1.82, 2.24) is 9.13 Å². The van der Waals surface area contributed by atoms with Crippen molar-refractivity contribution in [3.05, 3.63) is 32.6 Å². The Morgan fingerprint density at radius 3 is 2.02 bits per heavy atom. The number of esters is 1. The third-order valence-electron chi connectivity index (χ3n) is 8.66. The second-order valence-electron chi connectivity index (χ2n) is 15.2. The van der Waals surface area contributed by atoms with Crippen molar-refractivity contribution in [1.29, 1.82) is 0 Å². The van der Waals surface area contributed by atoms with Crippen LogP contribution in [0.4, 0.5) is 0 Å². The second kappa shape index (κ2) is 12.6. The predicted octanol–water partition coefficient (Wildman–Crippen LogP) is 5.40. The van der Waals surface area contributed by atoms with Gasteiger partial charge in [-0.2, -0.15) is 0 Å². The molecule has 0 radical (unpaired) electrons. The maximum atomic E-state index is 13.7. The number of ether oxygens (including phenoxy) is 3. The summed E-state index contributed by atoms with van der Waals surface area (Å²) in [7, 11) is -2.81. The summed E-state index contributed by atoms with van der Waals surface area (Å²) in [6.45, 7) is 26.8. The van der Waals surface area contributed by atoms with Crippen molar-refractivity contribution in [2.45, 2.75) is 137 Å². The minimum Gasteiger partial charge on any atom is -0.443 e. The molecule has 0 aromatic carbocycles. The molecular weight excluding hydrogens is 560 g/mol. The Balaban J connectivity index is 2.51. The first-order chi connectivity index (χ1) is 18.4. The molecule has 236 valence electrons. The van der Waals surface area contributed by atoms with Crippen LogP contribution >= 0.6 is 0 Å². The molecule has 0 aliphatic carbocycles. The van der Waals surface area contributed by atoms with Crippen LogP contribution in [0, 0.1) is 5.41 Å². The van der Waals surface area contributed by atoms with Crippen LogP contribution in [-0.2, 0) is 41.2 Å². The summed E-state index contributed by atoms with van der Waals surface area (Å²) in [6, 6.07) is 0. The minimum atomic E-state index is -2.20. The number of methoxy groups -OCH3 is 1. The Morgan fingerprint density at radius 2 is 1.54 bits per heavy atom. The van der Waals surface area contributed by atoms with E-state index >= 15 is 0 Å². The van der Waals surface area contributed by atoms with Crippen LogP contribution in [0.15, 0.2) is 15.8 Å². The molecule has 0 saturated carbocycles. The molecule has 41 heavy (non-hydrogen) atoms. The first kappa shape index (κ1) is 35.6. The lowest BCUT2D eigenvalue weighted by Gasteiger charge is -2.40. The number of carbonyl (C=O) groups excluding carboxylic acids is 1. The molecule has 3 atom stereocenters. The smallest absolute Gasteiger partial charge is 0.335 e. The van der Waals surface area contributed by atoms with Gasteiger partial charge in [-0.3, -0.25) is 14.2 Å². The molecule has 0 amide bonds. The van der Waals surface area contributed by atoms with E-state index in [4.69, 9.17) is 23.1 Å². The van der Waals surface area contributed by atoms with Crippen molar-refractivity contribution < 1.29 is 27.9 Å². The van der Waals surface area contributed by atoms with Crippen LogP contribution in [0.5, 0.6) is 0 Å². The topological polar surface area (TPSA) is 107 Å².